The minimum atomic E-state index is -2.06. The average Bonchev–Trinajstić information content (AvgIpc) is 2.01. The van der Waals surface area contributed by atoms with Gasteiger partial charge in [0.05, 0.1) is 0 Å². The van der Waals surface area contributed by atoms with Crippen molar-refractivity contribution < 1.29 is 8.85 Å². The van der Waals surface area contributed by atoms with Crippen molar-refractivity contribution >= 4 is 36.1 Å². The summed E-state index contributed by atoms with van der Waals surface area (Å²) >= 11 is 9.22. The maximum absolute atomic E-state index is 5.96. The van der Waals surface area contributed by atoms with Crippen molar-refractivity contribution in [1.82, 2.24) is 0 Å². The van der Waals surface area contributed by atoms with Crippen LogP contribution in [-0.2, 0) is 8.85 Å². The van der Waals surface area contributed by atoms with Crippen LogP contribution in [0.3, 0.4) is 0 Å². The number of alkyl halides is 2. The topological polar surface area (TPSA) is 18.5 Å². The lowest BCUT2D eigenvalue weighted by molar-refractivity contribution is 0.155. The van der Waals surface area contributed by atoms with Crippen LogP contribution >= 0.6 is 27.5 Å². The van der Waals surface area contributed by atoms with Gasteiger partial charge >= 0.3 is 8.56 Å². The normalized spacial score (nSPS) is 17.1. The molecule has 0 radical (unpaired) electrons. The van der Waals surface area contributed by atoms with Gasteiger partial charge in [-0.05, 0) is 41.9 Å². The Hall–Kier alpha value is 0.907. The zero-order chi connectivity index (χ0) is 10.5. The fourth-order valence-corrected chi connectivity index (χ4v) is 4.96. The zero-order valence-corrected chi connectivity index (χ0v) is 12.0. The van der Waals surface area contributed by atoms with Gasteiger partial charge in [-0.15, -0.1) is 0 Å². The van der Waals surface area contributed by atoms with Crippen LogP contribution in [0.2, 0.25) is 12.1 Å². The van der Waals surface area contributed by atoms with Crippen molar-refractivity contribution in [2.24, 2.45) is 0 Å². The summed E-state index contributed by atoms with van der Waals surface area (Å²) in [5.74, 6) is 0. The predicted molar refractivity (Wildman–Crippen MR) is 62.6 cm³/mol. The molecule has 0 aliphatic rings. The van der Waals surface area contributed by atoms with Gasteiger partial charge in [0, 0.05) is 6.61 Å². The van der Waals surface area contributed by atoms with Crippen molar-refractivity contribution in [3.63, 3.8) is 0 Å². The maximum Gasteiger partial charge on any atom is 0.339 e. The lowest BCUT2D eigenvalue weighted by Crippen LogP contribution is -2.44. The second kappa shape index (κ2) is 5.71. The quantitative estimate of drug-likeness (QED) is 0.546. The molecule has 0 bridgehead atoms. The summed E-state index contributed by atoms with van der Waals surface area (Å²) in [5, 5.41) is 0. The highest BCUT2D eigenvalue weighted by Gasteiger charge is 2.39. The van der Waals surface area contributed by atoms with Crippen molar-refractivity contribution in [3.8, 4) is 0 Å². The number of hydrogen-bond donors (Lipinski definition) is 0. The summed E-state index contributed by atoms with van der Waals surface area (Å²) in [6.07, 6.45) is 0. The first-order valence-electron chi connectivity index (χ1n) is 4.61. The lowest BCUT2D eigenvalue weighted by Gasteiger charge is -2.32. The molecular formula is C8H18BrClO2Si. The monoisotopic (exact) mass is 288 g/mol. The highest BCUT2D eigenvalue weighted by Crippen LogP contribution is 2.32. The summed E-state index contributed by atoms with van der Waals surface area (Å²) < 4.78 is 10.7. The molecule has 0 fully saturated rings. The van der Waals surface area contributed by atoms with Gasteiger partial charge in [-0.3, -0.25) is 0 Å². The average molecular weight is 290 g/mol. The summed E-state index contributed by atoms with van der Waals surface area (Å²) in [4.78, 5) is 0. The van der Waals surface area contributed by atoms with Crippen LogP contribution < -0.4 is 0 Å². The SMILES string of the molecule is CCO[Si](CC)(CC)OC(C)(Cl)Br. The van der Waals surface area contributed by atoms with Crippen LogP contribution in [0.4, 0.5) is 0 Å². The van der Waals surface area contributed by atoms with Crippen molar-refractivity contribution in [2.75, 3.05) is 6.61 Å². The summed E-state index contributed by atoms with van der Waals surface area (Å²) in [6, 6.07) is 1.84. The largest absolute Gasteiger partial charge is 0.394 e. The fraction of sp³-hybridized carbons (Fsp3) is 1.00. The molecule has 0 amide bonds. The Morgan fingerprint density at radius 2 is 1.77 bits per heavy atom. The van der Waals surface area contributed by atoms with Crippen LogP contribution in [0, 0.1) is 0 Å². The van der Waals surface area contributed by atoms with E-state index in [1.807, 2.05) is 6.92 Å². The van der Waals surface area contributed by atoms with E-state index < -0.39 is 12.5 Å². The predicted octanol–water partition coefficient (Wildman–Crippen LogP) is 3.83. The minimum absolute atomic E-state index is 0.688. The van der Waals surface area contributed by atoms with E-state index in [2.05, 4.69) is 29.8 Å². The third-order valence-electron chi connectivity index (χ3n) is 1.85. The van der Waals surface area contributed by atoms with Crippen LogP contribution in [0.15, 0.2) is 0 Å². The summed E-state index contributed by atoms with van der Waals surface area (Å²) in [6.45, 7) is 8.62. The highest BCUT2D eigenvalue weighted by atomic mass is 79.9. The molecule has 0 aromatic heterocycles. The summed E-state index contributed by atoms with van der Waals surface area (Å²) in [7, 11) is -2.06. The molecule has 0 aliphatic heterocycles. The third kappa shape index (κ3) is 5.37. The molecular weight excluding hydrogens is 272 g/mol. The van der Waals surface area contributed by atoms with Gasteiger partial charge in [0.25, 0.3) is 0 Å². The second-order valence-electron chi connectivity index (χ2n) is 2.96. The fourth-order valence-electron chi connectivity index (χ4n) is 1.22. The van der Waals surface area contributed by atoms with E-state index in [1.54, 1.807) is 6.92 Å². The molecule has 13 heavy (non-hydrogen) atoms. The molecule has 80 valence electrons. The molecule has 0 rings (SSSR count). The van der Waals surface area contributed by atoms with Gasteiger partial charge in [-0.1, -0.05) is 25.4 Å². The molecule has 0 heterocycles. The first-order valence-corrected chi connectivity index (χ1v) is 8.01. The third-order valence-corrected chi connectivity index (χ3v) is 6.27. The Morgan fingerprint density at radius 3 is 2.00 bits per heavy atom. The minimum Gasteiger partial charge on any atom is -0.394 e. The highest BCUT2D eigenvalue weighted by molar-refractivity contribution is 9.10. The second-order valence-corrected chi connectivity index (χ2v) is 9.38. The van der Waals surface area contributed by atoms with Gasteiger partial charge in [0.1, 0.15) is 0 Å². The molecule has 2 nitrogen and oxygen atoms in total. The van der Waals surface area contributed by atoms with Crippen molar-refractivity contribution in [1.29, 1.82) is 0 Å². The molecule has 0 N–H and O–H groups in total. The Kier molecular flexibility index (Phi) is 6.10. The van der Waals surface area contributed by atoms with E-state index in [-0.39, 0.29) is 0 Å². The van der Waals surface area contributed by atoms with Gasteiger partial charge in [0.15, 0.2) is 3.97 Å². The van der Waals surface area contributed by atoms with E-state index in [9.17, 15) is 0 Å². The van der Waals surface area contributed by atoms with Crippen LogP contribution in [0.1, 0.15) is 27.7 Å². The molecule has 0 spiro atoms. The number of rotatable bonds is 6. The smallest absolute Gasteiger partial charge is 0.339 e. The first kappa shape index (κ1) is 13.9. The van der Waals surface area contributed by atoms with E-state index in [0.29, 0.717) is 6.61 Å². The Morgan fingerprint density at radius 1 is 1.31 bits per heavy atom. The molecule has 0 aromatic rings. The van der Waals surface area contributed by atoms with E-state index >= 15 is 0 Å². The zero-order valence-electron chi connectivity index (χ0n) is 8.69. The van der Waals surface area contributed by atoms with Gasteiger partial charge in [0.2, 0.25) is 0 Å². The van der Waals surface area contributed by atoms with Gasteiger partial charge in [-0.25, -0.2) is 0 Å². The van der Waals surface area contributed by atoms with Gasteiger partial charge in [-0.2, -0.15) is 0 Å². The number of halogens is 2. The molecule has 1 unspecified atom stereocenters. The molecule has 5 heteroatoms. The van der Waals surface area contributed by atoms with Crippen LogP contribution in [0.5, 0.6) is 0 Å². The Balaban J connectivity index is 4.38. The maximum atomic E-state index is 5.96. The number of hydrogen-bond acceptors (Lipinski definition) is 2. The molecule has 0 aliphatic carbocycles. The molecule has 1 atom stereocenters. The van der Waals surface area contributed by atoms with Crippen molar-refractivity contribution in [2.45, 2.75) is 43.8 Å². The van der Waals surface area contributed by atoms with Crippen LogP contribution in [-0.4, -0.2) is 19.1 Å². The van der Waals surface area contributed by atoms with Crippen molar-refractivity contribution in [3.05, 3.63) is 0 Å². The van der Waals surface area contributed by atoms with E-state index in [1.165, 1.54) is 0 Å². The van der Waals surface area contributed by atoms with Gasteiger partial charge < -0.3 is 8.85 Å². The molecule has 0 aromatic carbocycles. The Bertz CT molecular complexity index is 146. The van der Waals surface area contributed by atoms with Crippen LogP contribution in [0.25, 0.3) is 0 Å². The molecule has 0 saturated heterocycles. The first-order chi connectivity index (χ1) is 5.89. The molecule has 0 saturated carbocycles. The van der Waals surface area contributed by atoms with E-state index in [0.717, 1.165) is 12.1 Å². The standard InChI is InChI=1S/C8H18BrClO2Si/c1-5-11-13(6-2,7-3)12-8(4,9)10/h5-7H2,1-4H3. The Labute approximate surface area is 95.3 Å². The van der Waals surface area contributed by atoms with E-state index in [4.69, 9.17) is 20.5 Å². The lowest BCUT2D eigenvalue weighted by atomic mass is 10.9. The summed E-state index contributed by atoms with van der Waals surface area (Å²) in [5.41, 5.74) is 0.